The van der Waals surface area contributed by atoms with Crippen LogP contribution in [0.15, 0.2) is 39.0 Å². The highest BCUT2D eigenvalue weighted by atomic mass is 32.2. The van der Waals surface area contributed by atoms with E-state index in [0.29, 0.717) is 27.0 Å². The van der Waals surface area contributed by atoms with Gasteiger partial charge in [0.2, 0.25) is 17.4 Å². The number of nitrogens with two attached hydrogens (primary N) is 2. The minimum Gasteiger partial charge on any atom is -0.481 e. The molecule has 0 radical (unpaired) electrons. The van der Waals surface area contributed by atoms with Crippen LogP contribution in [0.4, 0.5) is 5.13 Å². The first-order chi connectivity index (χ1) is 21.0. The molecule has 2 aromatic rings. The van der Waals surface area contributed by atoms with E-state index in [4.69, 9.17) is 16.6 Å². The SMILES string of the molecule is Nc1nc(/C(=N/O)C(=O)N[C@@H]2C(=O)N3C(C(=O)O)=C(Sc4cccnc4CSCCNC(=O)[C@@H](N)CC(=O)O)CS[C@@H]23)ns1. The van der Waals surface area contributed by atoms with Crippen molar-refractivity contribution in [1.29, 1.82) is 0 Å². The molecule has 0 aromatic carbocycles. The average Bonchev–Trinajstić information content (AvgIpc) is 3.41. The zero-order valence-corrected chi connectivity index (χ0v) is 25.7. The maximum atomic E-state index is 13.1. The number of carboxylic acids is 2. The predicted molar refractivity (Wildman–Crippen MR) is 162 cm³/mol. The van der Waals surface area contributed by atoms with Gasteiger partial charge < -0.3 is 37.5 Å². The maximum Gasteiger partial charge on any atom is 0.353 e. The number of hydrogen-bond donors (Lipinski definition) is 7. The normalized spacial score (nSPS) is 18.7. The van der Waals surface area contributed by atoms with Crippen LogP contribution in [0.2, 0.25) is 0 Å². The van der Waals surface area contributed by atoms with Gasteiger partial charge in [-0.1, -0.05) is 16.9 Å². The number of aromatic nitrogens is 3. The predicted octanol–water partition coefficient (Wildman–Crippen LogP) is -0.667. The van der Waals surface area contributed by atoms with Crippen LogP contribution < -0.4 is 22.1 Å². The highest BCUT2D eigenvalue weighted by Crippen LogP contribution is 2.45. The summed E-state index contributed by atoms with van der Waals surface area (Å²) >= 11 is 4.66. The summed E-state index contributed by atoms with van der Waals surface area (Å²) in [4.78, 5) is 71.1. The van der Waals surface area contributed by atoms with Crippen LogP contribution in [0.5, 0.6) is 0 Å². The molecule has 4 heterocycles. The summed E-state index contributed by atoms with van der Waals surface area (Å²) in [5.41, 5.74) is 11.0. The Bertz CT molecular complexity index is 1530. The van der Waals surface area contributed by atoms with Gasteiger partial charge in [0.25, 0.3) is 11.8 Å². The van der Waals surface area contributed by atoms with E-state index in [0.717, 1.165) is 16.4 Å². The Morgan fingerprint density at radius 3 is 2.70 bits per heavy atom. The Labute approximate surface area is 265 Å². The van der Waals surface area contributed by atoms with E-state index in [1.54, 1.807) is 18.3 Å². The monoisotopic (exact) mass is 683 g/mol. The molecule has 234 valence electrons. The van der Waals surface area contributed by atoms with Crippen molar-refractivity contribution in [2.45, 2.75) is 34.5 Å². The lowest BCUT2D eigenvalue weighted by molar-refractivity contribution is -0.150. The number of fused-ring (bicyclic) bond motifs is 1. The molecule has 0 spiro atoms. The topological polar surface area (TPSA) is 276 Å². The van der Waals surface area contributed by atoms with E-state index in [9.17, 15) is 34.3 Å². The van der Waals surface area contributed by atoms with Crippen LogP contribution in [0.3, 0.4) is 0 Å². The number of anilines is 1. The van der Waals surface area contributed by atoms with Gasteiger partial charge in [-0.25, -0.2) is 4.79 Å². The standard InChI is InChI=1S/C23H25N9O8S4/c24-9(6-13(33)34)18(35)27-4-5-41-7-10-11(2-1-3-26-10)43-12-8-42-21-15(20(37)32(21)16(12)22(38)39)28-19(36)14(30-40)17-29-23(25)44-31-17/h1-3,9,15,21,40H,4-8,24H2,(H,27,35)(H,28,36)(H,33,34)(H,38,39)(H2,25,29,31)/b30-14-/t9-,15+,21-/m0/s1. The fourth-order valence-electron chi connectivity index (χ4n) is 3.99. The molecule has 2 aromatic heterocycles. The average molecular weight is 684 g/mol. The van der Waals surface area contributed by atoms with Crippen molar-refractivity contribution in [2.24, 2.45) is 10.9 Å². The van der Waals surface area contributed by atoms with E-state index in [2.05, 4.69) is 30.1 Å². The van der Waals surface area contributed by atoms with Gasteiger partial charge in [0.1, 0.15) is 17.1 Å². The fourth-order valence-corrected chi connectivity index (χ4v) is 7.90. The van der Waals surface area contributed by atoms with Crippen molar-refractivity contribution in [3.05, 3.63) is 40.5 Å². The Morgan fingerprint density at radius 2 is 2.05 bits per heavy atom. The number of hydrogen-bond acceptors (Lipinski definition) is 16. The molecule has 2 aliphatic rings. The Kier molecular flexibility index (Phi) is 11.0. The summed E-state index contributed by atoms with van der Waals surface area (Å²) in [7, 11) is 0. The molecule has 21 heteroatoms. The van der Waals surface area contributed by atoms with E-state index >= 15 is 0 Å². The number of amides is 3. The van der Waals surface area contributed by atoms with Gasteiger partial charge in [-0.3, -0.25) is 29.1 Å². The summed E-state index contributed by atoms with van der Waals surface area (Å²) in [6.45, 7) is 0.257. The van der Waals surface area contributed by atoms with Crippen LogP contribution in [0.25, 0.3) is 0 Å². The molecule has 1 fully saturated rings. The Balaban J connectivity index is 1.38. The molecule has 44 heavy (non-hydrogen) atoms. The van der Waals surface area contributed by atoms with Crippen molar-refractivity contribution in [2.75, 3.05) is 23.8 Å². The zero-order valence-electron chi connectivity index (χ0n) is 22.4. The first kappa shape index (κ1) is 33.0. The van der Waals surface area contributed by atoms with E-state index in [1.165, 1.54) is 35.3 Å². The quantitative estimate of drug-likeness (QED) is 0.0428. The van der Waals surface area contributed by atoms with Crippen LogP contribution in [-0.2, 0) is 29.7 Å². The minimum atomic E-state index is -1.31. The second-order valence-corrected chi connectivity index (χ2v) is 13.1. The molecule has 2 aliphatic heterocycles. The number of nitrogens with one attached hydrogen (secondary N) is 2. The third kappa shape index (κ3) is 7.59. The van der Waals surface area contributed by atoms with Gasteiger partial charge in [-0.05, 0) is 12.1 Å². The van der Waals surface area contributed by atoms with Crippen molar-refractivity contribution in [3.63, 3.8) is 0 Å². The van der Waals surface area contributed by atoms with Gasteiger partial charge >= 0.3 is 11.9 Å². The number of thioether (sulfide) groups is 3. The first-order valence-corrected chi connectivity index (χ1v) is 16.3. The summed E-state index contributed by atoms with van der Waals surface area (Å²) in [6, 6.07) is 1.26. The molecule has 3 amide bonds. The molecule has 3 atom stereocenters. The van der Waals surface area contributed by atoms with Crippen LogP contribution in [-0.4, -0.2) is 106 Å². The number of rotatable bonds is 14. The van der Waals surface area contributed by atoms with Crippen molar-refractivity contribution in [1.82, 2.24) is 29.9 Å². The molecule has 4 rings (SSSR count). The molecule has 9 N–H and O–H groups in total. The third-order valence-corrected chi connectivity index (χ3v) is 10.1. The number of carboxylic acid groups (broad SMARTS) is 2. The van der Waals surface area contributed by atoms with E-state index in [-0.39, 0.29) is 29.0 Å². The molecular weight excluding hydrogens is 659 g/mol. The summed E-state index contributed by atoms with van der Waals surface area (Å²) in [6.07, 6.45) is 1.12. The van der Waals surface area contributed by atoms with Crippen LogP contribution in [0.1, 0.15) is 17.9 Å². The molecule has 0 aliphatic carbocycles. The lowest BCUT2D eigenvalue weighted by Gasteiger charge is -2.49. The van der Waals surface area contributed by atoms with Gasteiger partial charge in [-0.2, -0.15) is 21.1 Å². The highest BCUT2D eigenvalue weighted by Gasteiger charge is 2.54. The largest absolute Gasteiger partial charge is 0.481 e. The number of pyridine rings is 1. The first-order valence-electron chi connectivity index (χ1n) is 12.5. The summed E-state index contributed by atoms with van der Waals surface area (Å²) < 4.78 is 3.82. The molecule has 0 bridgehead atoms. The number of nitrogens with zero attached hydrogens (tertiary/aromatic N) is 5. The van der Waals surface area contributed by atoms with E-state index < -0.39 is 59.3 Å². The molecule has 0 unspecified atom stereocenters. The van der Waals surface area contributed by atoms with Gasteiger partial charge in [0.05, 0.1) is 18.2 Å². The Hall–Kier alpha value is -3.92. The Morgan fingerprint density at radius 1 is 1.27 bits per heavy atom. The smallest absolute Gasteiger partial charge is 0.353 e. The van der Waals surface area contributed by atoms with Crippen molar-refractivity contribution >= 4 is 87.3 Å². The van der Waals surface area contributed by atoms with Crippen LogP contribution in [0, 0.1) is 0 Å². The minimum absolute atomic E-state index is 0.0444. The van der Waals surface area contributed by atoms with Crippen LogP contribution >= 0.6 is 46.8 Å². The number of nitrogen functional groups attached to an aromatic ring is 1. The maximum absolute atomic E-state index is 13.1. The summed E-state index contributed by atoms with van der Waals surface area (Å²) in [5, 5.41) is 35.4. The zero-order chi connectivity index (χ0) is 32.0. The number of carbonyl (C=O) groups excluding carboxylic acids is 3. The van der Waals surface area contributed by atoms with E-state index in [1.807, 2.05) is 0 Å². The van der Waals surface area contributed by atoms with Crippen molar-refractivity contribution in [3.8, 4) is 0 Å². The number of aliphatic carboxylic acids is 2. The second kappa shape index (κ2) is 14.7. The molecule has 17 nitrogen and oxygen atoms in total. The van der Waals surface area contributed by atoms with Gasteiger partial charge in [-0.15, -0.1) is 11.8 Å². The lowest BCUT2D eigenvalue weighted by Crippen LogP contribution is -2.71. The highest BCUT2D eigenvalue weighted by molar-refractivity contribution is 8.06. The molecule has 0 saturated carbocycles. The number of carbonyl (C=O) groups is 5. The number of β-lactam (4-membered cyclic amide) rings is 1. The number of oxime groups is 1. The van der Waals surface area contributed by atoms with Gasteiger partial charge in [0.15, 0.2) is 5.13 Å². The van der Waals surface area contributed by atoms with Gasteiger partial charge in [0, 0.05) is 51.3 Å². The lowest BCUT2D eigenvalue weighted by atomic mass is 10.0. The van der Waals surface area contributed by atoms with Crippen molar-refractivity contribution < 1.29 is 39.4 Å². The molecule has 1 saturated heterocycles. The second-order valence-electron chi connectivity index (χ2n) is 8.94. The fraction of sp³-hybridized carbons (Fsp3) is 0.348. The molecular formula is C23H25N9O8S4. The third-order valence-electron chi connectivity index (χ3n) is 5.99. The summed E-state index contributed by atoms with van der Waals surface area (Å²) in [5.74, 6) is -3.70.